The molecule has 4 nitrogen and oxygen atoms in total. The van der Waals surface area contributed by atoms with Crippen LogP contribution in [0.1, 0.15) is 26.3 Å². The first-order valence-electron chi connectivity index (χ1n) is 8.55. The molecule has 1 heterocycles. The van der Waals surface area contributed by atoms with Gasteiger partial charge < -0.3 is 5.73 Å². The summed E-state index contributed by atoms with van der Waals surface area (Å²) in [7, 11) is 0. The van der Waals surface area contributed by atoms with E-state index in [0.29, 0.717) is 11.6 Å². The predicted molar refractivity (Wildman–Crippen MR) is 110 cm³/mol. The summed E-state index contributed by atoms with van der Waals surface area (Å²) < 4.78 is 2.06. The number of hydrogen-bond acceptors (Lipinski definition) is 4. The average molecular weight is 387 g/mol. The quantitative estimate of drug-likeness (QED) is 0.631. The van der Waals surface area contributed by atoms with E-state index in [0.717, 1.165) is 28.0 Å². The first-order chi connectivity index (χ1) is 12.4. The molecular weight excluding hydrogens is 364 g/mol. The zero-order valence-electron chi connectivity index (χ0n) is 15.2. The number of thioether (sulfide) groups is 1. The van der Waals surface area contributed by atoms with Crippen LogP contribution in [0.25, 0.3) is 17.1 Å². The lowest BCUT2D eigenvalue weighted by Crippen LogP contribution is -2.10. The number of nitrogens with two attached hydrogens (primary N) is 1. The van der Waals surface area contributed by atoms with Crippen LogP contribution in [0.2, 0.25) is 5.02 Å². The summed E-state index contributed by atoms with van der Waals surface area (Å²) in [6, 6.07) is 16.2. The Morgan fingerprint density at radius 2 is 1.65 bits per heavy atom. The van der Waals surface area contributed by atoms with Crippen LogP contribution in [-0.4, -0.2) is 27.1 Å². The Hall–Kier alpha value is -1.82. The van der Waals surface area contributed by atoms with E-state index < -0.39 is 0 Å². The van der Waals surface area contributed by atoms with E-state index in [2.05, 4.69) is 59.8 Å². The predicted octanol–water partition coefficient (Wildman–Crippen LogP) is 4.94. The van der Waals surface area contributed by atoms with Gasteiger partial charge in [0.25, 0.3) is 0 Å². The summed E-state index contributed by atoms with van der Waals surface area (Å²) in [5.41, 5.74) is 9.08. The molecule has 3 rings (SSSR count). The molecule has 3 aromatic rings. The largest absolute Gasteiger partial charge is 0.330 e. The molecule has 0 aliphatic carbocycles. The van der Waals surface area contributed by atoms with Crippen molar-refractivity contribution in [1.82, 2.24) is 14.8 Å². The summed E-state index contributed by atoms with van der Waals surface area (Å²) >= 11 is 7.65. The number of nitrogens with zero attached hydrogens (tertiary/aromatic N) is 3. The Morgan fingerprint density at radius 3 is 2.23 bits per heavy atom. The molecule has 0 saturated heterocycles. The van der Waals surface area contributed by atoms with Gasteiger partial charge in [0, 0.05) is 28.6 Å². The van der Waals surface area contributed by atoms with Gasteiger partial charge in [-0.15, -0.1) is 10.2 Å². The van der Waals surface area contributed by atoms with Gasteiger partial charge in [0.15, 0.2) is 11.0 Å². The molecule has 0 saturated carbocycles. The number of rotatable bonds is 5. The van der Waals surface area contributed by atoms with Crippen LogP contribution in [0.4, 0.5) is 0 Å². The highest BCUT2D eigenvalue weighted by molar-refractivity contribution is 7.99. The second-order valence-electron chi connectivity index (χ2n) is 7.08. The fourth-order valence-electron chi connectivity index (χ4n) is 2.64. The Bertz CT molecular complexity index is 864. The van der Waals surface area contributed by atoms with Gasteiger partial charge in [-0.2, -0.15) is 0 Å². The number of aromatic nitrogens is 3. The zero-order chi connectivity index (χ0) is 18.7. The van der Waals surface area contributed by atoms with E-state index in [-0.39, 0.29) is 5.41 Å². The molecule has 6 heteroatoms. The molecule has 1 aromatic heterocycles. The fraction of sp³-hybridized carbons (Fsp3) is 0.300. The normalized spacial score (nSPS) is 11.7. The molecule has 0 aliphatic rings. The highest BCUT2D eigenvalue weighted by Gasteiger charge is 2.18. The lowest BCUT2D eigenvalue weighted by molar-refractivity contribution is 0.590. The molecule has 2 aromatic carbocycles. The van der Waals surface area contributed by atoms with Crippen molar-refractivity contribution in [2.45, 2.75) is 31.3 Å². The average Bonchev–Trinajstić information content (AvgIpc) is 3.04. The molecule has 0 bridgehead atoms. The van der Waals surface area contributed by atoms with Gasteiger partial charge in [-0.1, -0.05) is 68.4 Å². The molecule has 0 fully saturated rings. The highest BCUT2D eigenvalue weighted by atomic mass is 35.5. The van der Waals surface area contributed by atoms with Crippen LogP contribution in [0.15, 0.2) is 53.7 Å². The lowest BCUT2D eigenvalue weighted by Gasteiger charge is -2.19. The summed E-state index contributed by atoms with van der Waals surface area (Å²) in [4.78, 5) is 0. The van der Waals surface area contributed by atoms with E-state index in [1.807, 2.05) is 24.3 Å². The second kappa shape index (κ2) is 7.82. The van der Waals surface area contributed by atoms with Crippen molar-refractivity contribution < 1.29 is 0 Å². The minimum Gasteiger partial charge on any atom is -0.330 e. The highest BCUT2D eigenvalue weighted by Crippen LogP contribution is 2.30. The van der Waals surface area contributed by atoms with Crippen molar-refractivity contribution in [2.24, 2.45) is 5.73 Å². The summed E-state index contributed by atoms with van der Waals surface area (Å²) in [6.07, 6.45) is 0. The molecule has 2 N–H and O–H groups in total. The third kappa shape index (κ3) is 4.11. The van der Waals surface area contributed by atoms with Crippen molar-refractivity contribution >= 4 is 23.4 Å². The summed E-state index contributed by atoms with van der Waals surface area (Å²) in [5, 5.41) is 10.4. The monoisotopic (exact) mass is 386 g/mol. The van der Waals surface area contributed by atoms with Crippen LogP contribution >= 0.6 is 23.4 Å². The van der Waals surface area contributed by atoms with Gasteiger partial charge in [0.05, 0.1) is 0 Å². The zero-order valence-corrected chi connectivity index (χ0v) is 16.8. The van der Waals surface area contributed by atoms with Gasteiger partial charge in [0.2, 0.25) is 0 Å². The van der Waals surface area contributed by atoms with Gasteiger partial charge in [-0.25, -0.2) is 0 Å². The minimum absolute atomic E-state index is 0.116. The maximum absolute atomic E-state index is 6.05. The van der Waals surface area contributed by atoms with Crippen LogP contribution < -0.4 is 5.73 Å². The van der Waals surface area contributed by atoms with E-state index >= 15 is 0 Å². The topological polar surface area (TPSA) is 56.7 Å². The van der Waals surface area contributed by atoms with Crippen molar-refractivity contribution in [3.63, 3.8) is 0 Å². The number of hydrogen-bond donors (Lipinski definition) is 1. The Kier molecular flexibility index (Phi) is 5.70. The fourth-order valence-corrected chi connectivity index (χ4v) is 3.49. The van der Waals surface area contributed by atoms with Crippen molar-refractivity contribution in [3.05, 3.63) is 59.1 Å². The first kappa shape index (κ1) is 19.0. The molecule has 0 amide bonds. The Labute approximate surface area is 163 Å². The van der Waals surface area contributed by atoms with E-state index in [1.165, 1.54) is 5.56 Å². The molecular formula is C20H23ClN4S. The van der Waals surface area contributed by atoms with Crippen LogP contribution in [-0.2, 0) is 5.41 Å². The third-order valence-electron chi connectivity index (χ3n) is 4.08. The number of halogens is 1. The maximum atomic E-state index is 6.05. The SMILES string of the molecule is CC(C)(C)c1ccc(-c2nnc(SCCN)n2-c2ccc(Cl)cc2)cc1. The molecule has 0 aliphatic heterocycles. The van der Waals surface area contributed by atoms with Crippen molar-refractivity contribution in [1.29, 1.82) is 0 Å². The number of benzene rings is 2. The van der Waals surface area contributed by atoms with Gasteiger partial charge >= 0.3 is 0 Å². The van der Waals surface area contributed by atoms with Crippen molar-refractivity contribution in [2.75, 3.05) is 12.3 Å². The van der Waals surface area contributed by atoms with Crippen LogP contribution in [0.5, 0.6) is 0 Å². The maximum Gasteiger partial charge on any atom is 0.196 e. The van der Waals surface area contributed by atoms with E-state index in [4.69, 9.17) is 17.3 Å². The standard InChI is InChI=1S/C20H23ClN4S/c1-20(2,3)15-6-4-14(5-7-15)18-23-24-19(26-13-12-22)25(18)17-10-8-16(21)9-11-17/h4-11H,12-13,22H2,1-3H3. The lowest BCUT2D eigenvalue weighted by atomic mass is 9.87. The minimum atomic E-state index is 0.116. The molecule has 136 valence electrons. The Morgan fingerprint density at radius 1 is 1.00 bits per heavy atom. The molecule has 0 radical (unpaired) electrons. The molecule has 0 atom stereocenters. The van der Waals surface area contributed by atoms with Gasteiger partial charge in [-0.3, -0.25) is 4.57 Å². The molecule has 0 spiro atoms. The van der Waals surface area contributed by atoms with Crippen LogP contribution in [0, 0.1) is 0 Å². The molecule has 26 heavy (non-hydrogen) atoms. The van der Waals surface area contributed by atoms with E-state index in [1.54, 1.807) is 11.8 Å². The Balaban J connectivity index is 2.06. The first-order valence-corrected chi connectivity index (χ1v) is 9.91. The van der Waals surface area contributed by atoms with E-state index in [9.17, 15) is 0 Å². The smallest absolute Gasteiger partial charge is 0.196 e. The summed E-state index contributed by atoms with van der Waals surface area (Å²) in [5.74, 6) is 1.60. The third-order valence-corrected chi connectivity index (χ3v) is 5.29. The van der Waals surface area contributed by atoms with Gasteiger partial charge in [-0.05, 0) is 35.2 Å². The molecule has 0 unspecified atom stereocenters. The summed E-state index contributed by atoms with van der Waals surface area (Å²) in [6.45, 7) is 7.22. The second-order valence-corrected chi connectivity index (χ2v) is 8.58. The van der Waals surface area contributed by atoms with Crippen LogP contribution in [0.3, 0.4) is 0 Å². The van der Waals surface area contributed by atoms with Gasteiger partial charge in [0.1, 0.15) is 0 Å². The van der Waals surface area contributed by atoms with Crippen molar-refractivity contribution in [3.8, 4) is 17.1 Å².